The van der Waals surface area contributed by atoms with E-state index in [-0.39, 0.29) is 4.90 Å². The molecule has 0 aliphatic carbocycles. The van der Waals surface area contributed by atoms with Gasteiger partial charge in [0.2, 0.25) is 0 Å². The lowest BCUT2D eigenvalue weighted by atomic mass is 9.90. The number of hydrogen-bond donors (Lipinski definition) is 1. The van der Waals surface area contributed by atoms with Gasteiger partial charge in [-0.25, -0.2) is 8.42 Å². The maximum absolute atomic E-state index is 12.5. The van der Waals surface area contributed by atoms with Gasteiger partial charge in [0.05, 0.1) is 16.1 Å². The summed E-state index contributed by atoms with van der Waals surface area (Å²) in [6.45, 7) is 9.90. The lowest BCUT2D eigenvalue weighted by molar-refractivity contribution is -0.0895. The van der Waals surface area contributed by atoms with Crippen LogP contribution in [-0.2, 0) is 19.5 Å². The van der Waals surface area contributed by atoms with E-state index < -0.39 is 27.5 Å². The van der Waals surface area contributed by atoms with E-state index in [2.05, 4.69) is 4.72 Å². The second-order valence-electron chi connectivity index (χ2n) is 7.63. The molecule has 0 spiro atoms. The van der Waals surface area contributed by atoms with Gasteiger partial charge in [-0.1, -0.05) is 29.8 Å². The maximum Gasteiger partial charge on any atom is 0.261 e. The first-order valence-corrected chi connectivity index (χ1v) is 10.0. The van der Waals surface area contributed by atoms with Crippen molar-refractivity contribution in [2.75, 3.05) is 4.72 Å². The van der Waals surface area contributed by atoms with E-state index in [4.69, 9.17) is 9.47 Å². The van der Waals surface area contributed by atoms with Gasteiger partial charge in [0, 0.05) is 11.3 Å². The third kappa shape index (κ3) is 3.63. The van der Waals surface area contributed by atoms with Crippen LogP contribution in [0.15, 0.2) is 53.4 Å². The summed E-state index contributed by atoms with van der Waals surface area (Å²) in [5.41, 5.74) is 1.52. The van der Waals surface area contributed by atoms with Crippen LogP contribution in [0.25, 0.3) is 0 Å². The molecule has 1 heterocycles. The average molecular weight is 375 g/mol. The molecule has 26 heavy (non-hydrogen) atoms. The number of sulfonamides is 1. The van der Waals surface area contributed by atoms with Crippen molar-refractivity contribution in [3.05, 3.63) is 59.7 Å². The number of rotatable bonds is 4. The first-order chi connectivity index (χ1) is 12.0. The summed E-state index contributed by atoms with van der Waals surface area (Å²) in [5, 5.41) is 0. The topological polar surface area (TPSA) is 64.6 Å². The fourth-order valence-electron chi connectivity index (χ4n) is 2.62. The zero-order chi connectivity index (χ0) is 19.2. The summed E-state index contributed by atoms with van der Waals surface area (Å²) in [6.07, 6.45) is -0.470. The quantitative estimate of drug-likeness (QED) is 0.860. The molecule has 0 radical (unpaired) electrons. The van der Waals surface area contributed by atoms with Crippen molar-refractivity contribution < 1.29 is 17.9 Å². The summed E-state index contributed by atoms with van der Waals surface area (Å²) in [7, 11) is -3.61. The van der Waals surface area contributed by atoms with E-state index >= 15 is 0 Å². The molecule has 0 unspecified atom stereocenters. The van der Waals surface area contributed by atoms with Crippen molar-refractivity contribution in [2.24, 2.45) is 0 Å². The molecule has 5 nitrogen and oxygen atoms in total. The average Bonchev–Trinajstić information content (AvgIpc) is 2.76. The van der Waals surface area contributed by atoms with Gasteiger partial charge in [0.1, 0.15) is 0 Å². The van der Waals surface area contributed by atoms with Gasteiger partial charge < -0.3 is 9.47 Å². The number of hydrogen-bond acceptors (Lipinski definition) is 4. The third-order valence-corrected chi connectivity index (χ3v) is 6.42. The van der Waals surface area contributed by atoms with Gasteiger partial charge >= 0.3 is 0 Å². The molecular formula is C20H25NO4S. The van der Waals surface area contributed by atoms with E-state index in [1.54, 1.807) is 36.4 Å². The van der Waals surface area contributed by atoms with Crippen molar-refractivity contribution >= 4 is 15.7 Å². The lowest BCUT2D eigenvalue weighted by Crippen LogP contribution is -2.41. The molecule has 0 amide bonds. The van der Waals surface area contributed by atoms with Gasteiger partial charge in [-0.2, -0.15) is 0 Å². The summed E-state index contributed by atoms with van der Waals surface area (Å²) in [5.74, 6) is 0. The summed E-state index contributed by atoms with van der Waals surface area (Å²) in [4.78, 5) is 0.234. The molecule has 2 aromatic rings. The molecule has 0 saturated carbocycles. The number of anilines is 1. The Morgan fingerprint density at radius 2 is 1.35 bits per heavy atom. The van der Waals surface area contributed by atoms with Crippen LogP contribution in [0, 0.1) is 6.92 Å². The molecule has 1 N–H and O–H groups in total. The Morgan fingerprint density at radius 1 is 0.846 bits per heavy atom. The Hall–Kier alpha value is -1.89. The highest BCUT2D eigenvalue weighted by molar-refractivity contribution is 7.92. The Labute approximate surface area is 155 Å². The van der Waals surface area contributed by atoms with E-state index in [0.29, 0.717) is 5.69 Å². The molecule has 0 atom stereocenters. The van der Waals surface area contributed by atoms with Gasteiger partial charge in [-0.05, 0) is 58.9 Å². The van der Waals surface area contributed by atoms with Crippen LogP contribution in [0.3, 0.4) is 0 Å². The minimum atomic E-state index is -3.61. The Morgan fingerprint density at radius 3 is 1.85 bits per heavy atom. The highest BCUT2D eigenvalue weighted by Gasteiger charge is 2.49. The molecule has 3 rings (SSSR count). The van der Waals surface area contributed by atoms with Crippen LogP contribution in [0.2, 0.25) is 0 Å². The highest BCUT2D eigenvalue weighted by atomic mass is 32.2. The van der Waals surface area contributed by atoms with Gasteiger partial charge in [-0.3, -0.25) is 4.72 Å². The van der Waals surface area contributed by atoms with Gasteiger partial charge in [0.15, 0.2) is 6.29 Å². The van der Waals surface area contributed by atoms with E-state index in [0.717, 1.165) is 11.1 Å². The first kappa shape index (κ1) is 18.9. The number of benzene rings is 2. The number of nitrogens with one attached hydrogen (secondary N) is 1. The maximum atomic E-state index is 12.5. The molecule has 0 bridgehead atoms. The molecule has 1 aliphatic heterocycles. The third-order valence-electron chi connectivity index (χ3n) is 5.02. The fraction of sp³-hybridized carbons (Fsp3) is 0.400. The molecular weight excluding hydrogens is 350 g/mol. The highest BCUT2D eigenvalue weighted by Crippen LogP contribution is 2.44. The number of aryl methyl sites for hydroxylation is 1. The van der Waals surface area contributed by atoms with E-state index in [9.17, 15) is 8.42 Å². The molecule has 140 valence electrons. The van der Waals surface area contributed by atoms with Crippen LogP contribution < -0.4 is 4.72 Å². The van der Waals surface area contributed by atoms with Crippen molar-refractivity contribution in [3.63, 3.8) is 0 Å². The van der Waals surface area contributed by atoms with Crippen LogP contribution in [0.4, 0.5) is 5.69 Å². The SMILES string of the molecule is Cc1ccc(S(=O)(=O)Nc2ccc(C3OC(C)(C)C(C)(C)O3)cc2)cc1. The van der Waals surface area contributed by atoms with Crippen molar-refractivity contribution in [1.29, 1.82) is 0 Å². The standard InChI is InChI=1S/C20H25NO4S/c1-14-6-12-17(13-7-14)26(22,23)21-16-10-8-15(9-11-16)18-24-19(2,3)20(4,5)25-18/h6-13,18,21H,1-5H3. The Balaban J connectivity index is 1.75. The van der Waals surface area contributed by atoms with Crippen molar-refractivity contribution in [1.82, 2.24) is 0 Å². The van der Waals surface area contributed by atoms with Crippen LogP contribution in [0.5, 0.6) is 0 Å². The summed E-state index contributed by atoms with van der Waals surface area (Å²) in [6, 6.07) is 13.8. The smallest absolute Gasteiger partial charge is 0.261 e. The molecule has 1 saturated heterocycles. The minimum absolute atomic E-state index is 0.234. The second-order valence-corrected chi connectivity index (χ2v) is 9.31. The predicted molar refractivity (Wildman–Crippen MR) is 101 cm³/mol. The molecule has 1 fully saturated rings. The molecule has 2 aromatic carbocycles. The Kier molecular flexibility index (Phi) is 4.63. The molecule has 0 aromatic heterocycles. The van der Waals surface area contributed by atoms with E-state index in [1.165, 1.54) is 0 Å². The normalized spacial score (nSPS) is 19.4. The van der Waals surface area contributed by atoms with Crippen molar-refractivity contribution in [3.8, 4) is 0 Å². The fourth-order valence-corrected chi connectivity index (χ4v) is 3.68. The van der Waals surface area contributed by atoms with Crippen molar-refractivity contribution in [2.45, 2.75) is 57.0 Å². The minimum Gasteiger partial charge on any atom is -0.339 e. The predicted octanol–water partition coefficient (Wildman–Crippen LogP) is 4.40. The van der Waals surface area contributed by atoms with Crippen LogP contribution in [0.1, 0.15) is 45.1 Å². The Bertz CT molecular complexity index is 868. The summed E-state index contributed by atoms with van der Waals surface area (Å²) < 4.78 is 39.5. The van der Waals surface area contributed by atoms with Crippen LogP contribution in [-0.4, -0.2) is 19.6 Å². The number of ether oxygens (including phenoxy) is 2. The second kappa shape index (κ2) is 6.37. The van der Waals surface area contributed by atoms with E-state index in [1.807, 2.05) is 46.8 Å². The zero-order valence-corrected chi connectivity index (χ0v) is 16.6. The zero-order valence-electron chi connectivity index (χ0n) is 15.7. The largest absolute Gasteiger partial charge is 0.339 e. The van der Waals surface area contributed by atoms with Gasteiger partial charge in [-0.15, -0.1) is 0 Å². The molecule has 6 heteroatoms. The summed E-state index contributed by atoms with van der Waals surface area (Å²) >= 11 is 0. The first-order valence-electron chi connectivity index (χ1n) is 8.55. The monoisotopic (exact) mass is 375 g/mol. The van der Waals surface area contributed by atoms with Crippen LogP contribution >= 0.6 is 0 Å². The van der Waals surface area contributed by atoms with Gasteiger partial charge in [0.25, 0.3) is 10.0 Å². The molecule has 1 aliphatic rings. The lowest BCUT2D eigenvalue weighted by Gasteiger charge is -2.30.